The van der Waals surface area contributed by atoms with Gasteiger partial charge in [-0.05, 0) is 20.8 Å². The summed E-state index contributed by atoms with van der Waals surface area (Å²) in [5.41, 5.74) is -0.455. The highest BCUT2D eigenvalue weighted by atomic mass is 16.6. The molecule has 7 nitrogen and oxygen atoms in total. The second kappa shape index (κ2) is 5.32. The van der Waals surface area contributed by atoms with E-state index in [1.54, 1.807) is 20.8 Å². The van der Waals surface area contributed by atoms with Crippen LogP contribution in [-0.4, -0.2) is 45.9 Å². The minimum absolute atomic E-state index is 0.119. The third-order valence-electron chi connectivity index (χ3n) is 1.92. The zero-order chi connectivity index (χ0) is 13.9. The normalized spacial score (nSPS) is 11.0. The number of ether oxygens (including phenoxy) is 1. The van der Waals surface area contributed by atoms with Gasteiger partial charge in [0, 0.05) is 24.9 Å². The van der Waals surface area contributed by atoms with Gasteiger partial charge in [-0.2, -0.15) is 0 Å². The van der Waals surface area contributed by atoms with Crippen LogP contribution in [0.25, 0.3) is 0 Å². The fraction of sp³-hybridized carbons (Fsp3) is 0.500. The number of rotatable bonds is 2. The van der Waals surface area contributed by atoms with Crippen LogP contribution in [0.15, 0.2) is 12.4 Å². The maximum atomic E-state index is 11.7. The van der Waals surface area contributed by atoms with Crippen LogP contribution < -0.4 is 10.4 Å². The summed E-state index contributed by atoms with van der Waals surface area (Å²) in [5.74, 6) is 0.119. The summed E-state index contributed by atoms with van der Waals surface area (Å²) in [7, 11) is -0.163. The molecule has 0 bridgehead atoms. The van der Waals surface area contributed by atoms with Crippen molar-refractivity contribution in [3.8, 4) is 0 Å². The Labute approximate surface area is 106 Å². The molecule has 0 atom stereocenters. The van der Waals surface area contributed by atoms with E-state index in [1.165, 1.54) is 19.4 Å². The van der Waals surface area contributed by atoms with E-state index in [1.807, 2.05) is 0 Å². The molecule has 0 aliphatic heterocycles. The van der Waals surface area contributed by atoms with Crippen molar-refractivity contribution < 1.29 is 19.6 Å². The summed E-state index contributed by atoms with van der Waals surface area (Å²) in [4.78, 5) is 20.5. The highest BCUT2D eigenvalue weighted by molar-refractivity contribution is 6.58. The van der Waals surface area contributed by atoms with Crippen LogP contribution in [-0.2, 0) is 4.74 Å². The molecule has 98 valence electrons. The predicted octanol–water partition coefficient (Wildman–Crippen LogP) is -0.472. The first-order chi connectivity index (χ1) is 8.20. The van der Waals surface area contributed by atoms with Gasteiger partial charge in [-0.25, -0.2) is 19.7 Å². The molecule has 0 radical (unpaired) electrons. The van der Waals surface area contributed by atoms with E-state index in [2.05, 4.69) is 9.97 Å². The molecular formula is C10H16BN3O4. The van der Waals surface area contributed by atoms with E-state index in [9.17, 15) is 4.79 Å². The van der Waals surface area contributed by atoms with Crippen LogP contribution >= 0.6 is 0 Å². The van der Waals surface area contributed by atoms with Crippen molar-refractivity contribution in [3.05, 3.63) is 12.4 Å². The Morgan fingerprint density at radius 2 is 1.83 bits per heavy atom. The van der Waals surface area contributed by atoms with Gasteiger partial charge in [0.1, 0.15) is 5.60 Å². The fourth-order valence-electron chi connectivity index (χ4n) is 1.05. The Bertz CT molecular complexity index is 416. The van der Waals surface area contributed by atoms with Gasteiger partial charge in [0.15, 0.2) is 0 Å². The summed E-state index contributed by atoms with van der Waals surface area (Å²) in [6.07, 6.45) is 1.88. The van der Waals surface area contributed by atoms with E-state index in [0.717, 1.165) is 4.90 Å². The molecule has 2 N–H and O–H groups in total. The first-order valence-corrected chi connectivity index (χ1v) is 5.35. The lowest BCUT2D eigenvalue weighted by atomic mass is 9.83. The number of carbonyl (C=O) groups is 1. The van der Waals surface area contributed by atoms with Crippen molar-refractivity contribution in [1.29, 1.82) is 0 Å². The molecule has 8 heteroatoms. The third-order valence-corrected chi connectivity index (χ3v) is 1.92. The first kappa shape index (κ1) is 14.4. The Balaban J connectivity index is 2.78. The Morgan fingerprint density at radius 3 is 2.22 bits per heavy atom. The number of carbonyl (C=O) groups excluding carboxylic acids is 1. The Kier molecular flexibility index (Phi) is 4.26. The average molecular weight is 253 g/mol. The summed E-state index contributed by atoms with van der Waals surface area (Å²) in [5, 5.41) is 17.8. The standard InChI is InChI=1S/C10H16BN3O4/c1-10(2,3)18-9(15)14(4)8-12-5-7(6-13-8)11(16)17/h5-6,16-17H,1-4H3. The molecule has 0 fully saturated rings. The number of hydrogen-bond acceptors (Lipinski definition) is 6. The predicted molar refractivity (Wildman–Crippen MR) is 66.5 cm³/mol. The molecule has 0 aliphatic rings. The molecule has 0 unspecified atom stereocenters. The molecule has 1 heterocycles. The fourth-order valence-corrected chi connectivity index (χ4v) is 1.05. The molecule has 0 aromatic carbocycles. The van der Waals surface area contributed by atoms with Crippen LogP contribution in [0.1, 0.15) is 20.8 Å². The summed E-state index contributed by atoms with van der Waals surface area (Å²) >= 11 is 0. The van der Waals surface area contributed by atoms with Crippen LogP contribution in [0.2, 0.25) is 0 Å². The topological polar surface area (TPSA) is 95.8 Å². The minimum Gasteiger partial charge on any atom is -0.443 e. The Hall–Kier alpha value is -1.67. The summed E-state index contributed by atoms with van der Waals surface area (Å²) in [6.45, 7) is 5.26. The van der Waals surface area contributed by atoms with Crippen LogP contribution in [0.3, 0.4) is 0 Å². The van der Waals surface area contributed by atoms with Gasteiger partial charge in [0.05, 0.1) is 0 Å². The highest BCUT2D eigenvalue weighted by Crippen LogP contribution is 2.11. The average Bonchev–Trinajstić information content (AvgIpc) is 2.26. The van der Waals surface area contributed by atoms with Gasteiger partial charge in [0.2, 0.25) is 5.95 Å². The monoisotopic (exact) mass is 253 g/mol. The molecule has 18 heavy (non-hydrogen) atoms. The number of hydrogen-bond donors (Lipinski definition) is 2. The maximum absolute atomic E-state index is 11.7. The van der Waals surface area contributed by atoms with Crippen molar-refractivity contribution >= 4 is 24.6 Å². The zero-order valence-electron chi connectivity index (χ0n) is 10.8. The second-order valence-electron chi connectivity index (χ2n) is 4.73. The van der Waals surface area contributed by atoms with Crippen LogP contribution in [0.5, 0.6) is 0 Å². The first-order valence-electron chi connectivity index (χ1n) is 5.35. The van der Waals surface area contributed by atoms with Crippen molar-refractivity contribution in [2.24, 2.45) is 0 Å². The number of aromatic nitrogens is 2. The van der Waals surface area contributed by atoms with Gasteiger partial charge in [-0.15, -0.1) is 0 Å². The van der Waals surface area contributed by atoms with Crippen molar-refractivity contribution in [1.82, 2.24) is 9.97 Å². The smallest absolute Gasteiger partial charge is 0.443 e. The number of anilines is 1. The van der Waals surface area contributed by atoms with Crippen molar-refractivity contribution in [3.63, 3.8) is 0 Å². The second-order valence-corrected chi connectivity index (χ2v) is 4.73. The molecule has 1 aromatic rings. The van der Waals surface area contributed by atoms with Crippen LogP contribution in [0, 0.1) is 0 Å². The minimum atomic E-state index is -1.63. The molecule has 0 saturated carbocycles. The van der Waals surface area contributed by atoms with Crippen molar-refractivity contribution in [2.45, 2.75) is 26.4 Å². The molecule has 0 spiro atoms. The lowest BCUT2D eigenvalue weighted by molar-refractivity contribution is 0.0587. The van der Waals surface area contributed by atoms with E-state index in [4.69, 9.17) is 14.8 Å². The lowest BCUT2D eigenvalue weighted by Gasteiger charge is -2.23. The quantitative estimate of drug-likeness (QED) is 0.691. The number of amides is 1. The van der Waals surface area contributed by atoms with Gasteiger partial charge >= 0.3 is 13.2 Å². The summed E-state index contributed by atoms with van der Waals surface area (Å²) in [6, 6.07) is 0. The van der Waals surface area contributed by atoms with E-state index < -0.39 is 18.8 Å². The molecule has 0 aliphatic carbocycles. The van der Waals surface area contributed by atoms with Crippen molar-refractivity contribution in [2.75, 3.05) is 11.9 Å². The zero-order valence-corrected chi connectivity index (χ0v) is 10.8. The molecule has 0 saturated heterocycles. The van der Waals surface area contributed by atoms with E-state index >= 15 is 0 Å². The summed E-state index contributed by atoms with van der Waals surface area (Å²) < 4.78 is 5.14. The highest BCUT2D eigenvalue weighted by Gasteiger charge is 2.22. The van der Waals surface area contributed by atoms with Gasteiger partial charge in [-0.1, -0.05) is 0 Å². The maximum Gasteiger partial charge on any atom is 0.491 e. The van der Waals surface area contributed by atoms with Gasteiger partial charge in [-0.3, -0.25) is 0 Å². The van der Waals surface area contributed by atoms with Crippen LogP contribution in [0.4, 0.5) is 10.7 Å². The third kappa shape index (κ3) is 3.97. The Morgan fingerprint density at radius 1 is 1.33 bits per heavy atom. The molecule has 1 rings (SSSR count). The van der Waals surface area contributed by atoms with E-state index in [-0.39, 0.29) is 11.4 Å². The largest absolute Gasteiger partial charge is 0.491 e. The molecule has 1 aromatic heterocycles. The van der Waals surface area contributed by atoms with Gasteiger partial charge < -0.3 is 14.8 Å². The molecular weight excluding hydrogens is 237 g/mol. The molecule has 1 amide bonds. The SMILES string of the molecule is CN(C(=O)OC(C)(C)C)c1ncc(B(O)O)cn1. The lowest BCUT2D eigenvalue weighted by Crippen LogP contribution is -2.36. The number of nitrogens with zero attached hydrogens (tertiary/aromatic N) is 3. The van der Waals surface area contributed by atoms with E-state index in [0.29, 0.717) is 0 Å². The van der Waals surface area contributed by atoms with Gasteiger partial charge in [0.25, 0.3) is 0 Å².